The highest BCUT2D eigenvalue weighted by molar-refractivity contribution is 7.89. The van der Waals surface area contributed by atoms with E-state index in [-0.39, 0.29) is 29.7 Å². The first-order valence-corrected chi connectivity index (χ1v) is 11.5. The van der Waals surface area contributed by atoms with Gasteiger partial charge in [0.1, 0.15) is 6.04 Å². The Morgan fingerprint density at radius 3 is 2.65 bits per heavy atom. The lowest BCUT2D eigenvalue weighted by Crippen LogP contribution is -2.47. The molecule has 0 saturated carbocycles. The van der Waals surface area contributed by atoms with E-state index in [1.54, 1.807) is 30.5 Å². The molecule has 1 N–H and O–H groups in total. The molecule has 0 unspecified atom stereocenters. The predicted octanol–water partition coefficient (Wildman–Crippen LogP) is 0.697. The predicted molar refractivity (Wildman–Crippen MR) is 113 cm³/mol. The zero-order valence-corrected chi connectivity index (χ0v) is 18.0. The second kappa shape index (κ2) is 8.74. The summed E-state index contributed by atoms with van der Waals surface area (Å²) < 4.78 is 32.6. The zero-order valence-electron chi connectivity index (χ0n) is 17.2. The van der Waals surface area contributed by atoms with Crippen molar-refractivity contribution in [2.24, 2.45) is 0 Å². The van der Waals surface area contributed by atoms with E-state index < -0.39 is 16.1 Å². The summed E-state index contributed by atoms with van der Waals surface area (Å²) in [6.07, 6.45) is 1.89. The number of sulfonamides is 1. The standard InChI is InChI=1S/C21H24N4O5S/c1-15(26)25-19-6-5-18(31(28,29)24-8-10-30-11-9-24)12-16(19)13-20(25)21(27)23-14-17-4-2-3-7-22-17/h2-7,12,20H,8-11,13-14H2,1H3,(H,23,27)/t20-/m0/s1. The molecule has 2 amide bonds. The Bertz CT molecular complexity index is 1080. The number of carbonyl (C=O) groups excluding carboxylic acids is 2. The van der Waals surface area contributed by atoms with Gasteiger partial charge in [-0.25, -0.2) is 8.42 Å². The van der Waals surface area contributed by atoms with Crippen LogP contribution in [0.5, 0.6) is 0 Å². The van der Waals surface area contributed by atoms with Gasteiger partial charge in [-0.2, -0.15) is 4.31 Å². The van der Waals surface area contributed by atoms with Gasteiger partial charge in [-0.3, -0.25) is 19.5 Å². The van der Waals surface area contributed by atoms with Crippen molar-refractivity contribution in [1.29, 1.82) is 0 Å². The van der Waals surface area contributed by atoms with E-state index in [0.717, 1.165) is 0 Å². The second-order valence-electron chi connectivity index (χ2n) is 7.45. The molecule has 10 heteroatoms. The number of hydrogen-bond donors (Lipinski definition) is 1. The molecule has 4 rings (SSSR count). The van der Waals surface area contributed by atoms with Crippen LogP contribution in [-0.2, 0) is 37.3 Å². The Morgan fingerprint density at radius 1 is 1.19 bits per heavy atom. The molecule has 0 bridgehead atoms. The van der Waals surface area contributed by atoms with Gasteiger partial charge in [-0.05, 0) is 35.9 Å². The van der Waals surface area contributed by atoms with Crippen LogP contribution in [0.15, 0.2) is 47.5 Å². The van der Waals surface area contributed by atoms with E-state index in [0.29, 0.717) is 43.2 Å². The Hall–Kier alpha value is -2.82. The van der Waals surface area contributed by atoms with Crippen molar-refractivity contribution in [3.05, 3.63) is 53.9 Å². The molecular formula is C21H24N4O5S. The number of morpholine rings is 1. The van der Waals surface area contributed by atoms with Crippen molar-refractivity contribution in [3.63, 3.8) is 0 Å². The Kier molecular flexibility index (Phi) is 6.03. The van der Waals surface area contributed by atoms with Crippen LogP contribution in [0.3, 0.4) is 0 Å². The highest BCUT2D eigenvalue weighted by Crippen LogP contribution is 2.35. The number of nitrogens with one attached hydrogen (secondary N) is 1. The maximum atomic E-state index is 13.0. The fraction of sp³-hybridized carbons (Fsp3) is 0.381. The monoisotopic (exact) mass is 444 g/mol. The van der Waals surface area contributed by atoms with Gasteiger partial charge in [0.15, 0.2) is 0 Å². The summed E-state index contributed by atoms with van der Waals surface area (Å²) in [5.74, 6) is -0.588. The van der Waals surface area contributed by atoms with Crippen LogP contribution in [0, 0.1) is 0 Å². The molecule has 1 aromatic heterocycles. The van der Waals surface area contributed by atoms with E-state index in [1.807, 2.05) is 6.07 Å². The molecular weight excluding hydrogens is 420 g/mol. The summed E-state index contributed by atoms with van der Waals surface area (Å²) in [4.78, 5) is 30.9. The summed E-state index contributed by atoms with van der Waals surface area (Å²) in [6, 6.07) is 9.36. The van der Waals surface area contributed by atoms with Crippen LogP contribution in [-0.4, -0.2) is 61.9 Å². The molecule has 2 aromatic rings. The molecule has 2 aliphatic heterocycles. The largest absolute Gasteiger partial charge is 0.379 e. The van der Waals surface area contributed by atoms with Crippen LogP contribution < -0.4 is 10.2 Å². The number of nitrogens with zero attached hydrogens (tertiary/aromatic N) is 3. The first-order chi connectivity index (χ1) is 14.9. The molecule has 0 aliphatic carbocycles. The van der Waals surface area contributed by atoms with Crippen molar-refractivity contribution >= 4 is 27.5 Å². The summed E-state index contributed by atoms with van der Waals surface area (Å²) in [5.41, 5.74) is 1.92. The second-order valence-corrected chi connectivity index (χ2v) is 9.39. The molecule has 1 aromatic carbocycles. The summed E-state index contributed by atoms with van der Waals surface area (Å²) in [5, 5.41) is 2.82. The van der Waals surface area contributed by atoms with Crippen molar-refractivity contribution in [2.75, 3.05) is 31.2 Å². The molecule has 2 aliphatic rings. The third-order valence-corrected chi connectivity index (χ3v) is 7.35. The first kappa shape index (κ1) is 21.4. The molecule has 164 valence electrons. The van der Waals surface area contributed by atoms with Crippen molar-refractivity contribution in [2.45, 2.75) is 30.8 Å². The van der Waals surface area contributed by atoms with Gasteiger partial charge in [-0.15, -0.1) is 0 Å². The topological polar surface area (TPSA) is 109 Å². The van der Waals surface area contributed by atoms with Gasteiger partial charge >= 0.3 is 0 Å². The number of benzene rings is 1. The number of carbonyl (C=O) groups is 2. The van der Waals surface area contributed by atoms with Gasteiger partial charge in [0.2, 0.25) is 21.8 Å². The van der Waals surface area contributed by atoms with Gasteiger partial charge in [0.25, 0.3) is 0 Å². The number of fused-ring (bicyclic) bond motifs is 1. The fourth-order valence-electron chi connectivity index (χ4n) is 3.92. The van der Waals surface area contributed by atoms with E-state index >= 15 is 0 Å². The number of anilines is 1. The maximum absolute atomic E-state index is 13.0. The van der Waals surface area contributed by atoms with Gasteiger partial charge in [0, 0.05) is 38.3 Å². The number of pyridine rings is 1. The van der Waals surface area contributed by atoms with Crippen molar-refractivity contribution in [3.8, 4) is 0 Å². The smallest absolute Gasteiger partial charge is 0.243 e. The van der Waals surface area contributed by atoms with Gasteiger partial charge < -0.3 is 10.1 Å². The summed E-state index contributed by atoms with van der Waals surface area (Å²) >= 11 is 0. The SMILES string of the molecule is CC(=O)N1c2ccc(S(=O)(=O)N3CCOCC3)cc2C[C@H]1C(=O)NCc1ccccn1. The zero-order chi connectivity index (χ0) is 22.0. The minimum Gasteiger partial charge on any atom is -0.379 e. The van der Waals surface area contributed by atoms with Crippen LogP contribution in [0.1, 0.15) is 18.2 Å². The highest BCUT2D eigenvalue weighted by atomic mass is 32.2. The highest BCUT2D eigenvalue weighted by Gasteiger charge is 2.38. The third-order valence-electron chi connectivity index (χ3n) is 5.46. The van der Waals surface area contributed by atoms with Gasteiger partial charge in [-0.1, -0.05) is 6.07 Å². The van der Waals surface area contributed by atoms with Gasteiger partial charge in [0.05, 0.1) is 30.3 Å². The third kappa shape index (κ3) is 4.32. The quantitative estimate of drug-likeness (QED) is 0.727. The van der Waals surface area contributed by atoms with Crippen molar-refractivity contribution in [1.82, 2.24) is 14.6 Å². The number of hydrogen-bond acceptors (Lipinski definition) is 6. The van der Waals surface area contributed by atoms with E-state index in [9.17, 15) is 18.0 Å². The van der Waals surface area contributed by atoms with Crippen LogP contribution in [0.25, 0.3) is 0 Å². The van der Waals surface area contributed by atoms with Crippen molar-refractivity contribution < 1.29 is 22.7 Å². The molecule has 0 spiro atoms. The molecule has 1 fully saturated rings. The minimum absolute atomic E-state index is 0.159. The molecule has 3 heterocycles. The summed E-state index contributed by atoms with van der Waals surface area (Å²) in [7, 11) is -3.66. The van der Waals surface area contributed by atoms with E-state index in [4.69, 9.17) is 4.74 Å². The van der Waals surface area contributed by atoms with E-state index in [1.165, 1.54) is 22.2 Å². The Balaban J connectivity index is 1.55. The Labute approximate surface area is 181 Å². The average molecular weight is 445 g/mol. The molecule has 9 nitrogen and oxygen atoms in total. The lowest BCUT2D eigenvalue weighted by Gasteiger charge is -2.26. The number of amides is 2. The fourth-order valence-corrected chi connectivity index (χ4v) is 5.38. The Morgan fingerprint density at radius 2 is 1.97 bits per heavy atom. The van der Waals surface area contributed by atoms with Crippen LogP contribution >= 0.6 is 0 Å². The lowest BCUT2D eigenvalue weighted by molar-refractivity contribution is -0.125. The van der Waals surface area contributed by atoms with E-state index in [2.05, 4.69) is 10.3 Å². The number of aromatic nitrogens is 1. The van der Waals surface area contributed by atoms with Crippen LogP contribution in [0.2, 0.25) is 0 Å². The molecule has 1 atom stereocenters. The molecule has 0 radical (unpaired) electrons. The number of ether oxygens (including phenoxy) is 1. The average Bonchev–Trinajstić information content (AvgIpc) is 3.18. The number of rotatable bonds is 5. The molecule has 31 heavy (non-hydrogen) atoms. The maximum Gasteiger partial charge on any atom is 0.243 e. The summed E-state index contributed by atoms with van der Waals surface area (Å²) in [6.45, 7) is 2.97. The lowest BCUT2D eigenvalue weighted by atomic mass is 10.1. The van der Waals surface area contributed by atoms with Crippen LogP contribution in [0.4, 0.5) is 5.69 Å². The molecule has 1 saturated heterocycles. The first-order valence-electron chi connectivity index (χ1n) is 10.1. The minimum atomic E-state index is -3.66. The normalized spacial score (nSPS) is 19.1.